The van der Waals surface area contributed by atoms with Gasteiger partial charge in [-0.05, 0) is 39.5 Å². The van der Waals surface area contributed by atoms with Crippen molar-refractivity contribution in [3.8, 4) is 0 Å². The van der Waals surface area contributed by atoms with Crippen LogP contribution in [0.15, 0.2) is 0 Å². The average Bonchev–Trinajstić information content (AvgIpc) is 2.85. The first-order valence-corrected chi connectivity index (χ1v) is 8.43. The smallest absolute Gasteiger partial charge is 0.410 e. The summed E-state index contributed by atoms with van der Waals surface area (Å²) < 4.78 is 11.0. The summed E-state index contributed by atoms with van der Waals surface area (Å²) in [7, 11) is 0. The van der Waals surface area contributed by atoms with Crippen molar-refractivity contribution < 1.29 is 19.1 Å². The molecule has 1 aliphatic carbocycles. The number of hydrogen-bond acceptors (Lipinski definition) is 4. The summed E-state index contributed by atoms with van der Waals surface area (Å²) in [4.78, 5) is 25.9. The molecule has 2 aliphatic rings. The van der Waals surface area contributed by atoms with Gasteiger partial charge in [0.1, 0.15) is 11.7 Å². The van der Waals surface area contributed by atoms with Gasteiger partial charge in [-0.25, -0.2) is 4.79 Å². The van der Waals surface area contributed by atoms with Crippen LogP contribution in [-0.4, -0.2) is 41.8 Å². The Morgan fingerprint density at radius 3 is 2.50 bits per heavy atom. The van der Waals surface area contributed by atoms with Gasteiger partial charge in [-0.1, -0.05) is 19.8 Å². The number of ether oxygens (including phenoxy) is 2. The minimum Gasteiger partial charge on any atom is -0.460 e. The molecule has 0 aromatic heterocycles. The highest BCUT2D eigenvalue weighted by atomic mass is 16.6. The predicted molar refractivity (Wildman–Crippen MR) is 83.4 cm³/mol. The summed E-state index contributed by atoms with van der Waals surface area (Å²) >= 11 is 0. The summed E-state index contributed by atoms with van der Waals surface area (Å²) in [6.07, 6.45) is 4.38. The second-order valence-electron chi connectivity index (χ2n) is 7.74. The van der Waals surface area contributed by atoms with Crippen LogP contribution in [0.3, 0.4) is 0 Å². The summed E-state index contributed by atoms with van der Waals surface area (Å²) in [5.41, 5.74) is -0.496. The number of carbonyl (C=O) groups excluding carboxylic acids is 2. The fraction of sp³-hybridized carbons (Fsp3) is 0.882. The van der Waals surface area contributed by atoms with E-state index in [1.807, 2.05) is 20.8 Å². The molecule has 22 heavy (non-hydrogen) atoms. The molecule has 0 spiro atoms. The number of amides is 1. The van der Waals surface area contributed by atoms with Crippen LogP contribution < -0.4 is 0 Å². The molecule has 0 bridgehead atoms. The van der Waals surface area contributed by atoms with Crippen molar-refractivity contribution in [2.24, 2.45) is 11.8 Å². The Bertz CT molecular complexity index is 415. The van der Waals surface area contributed by atoms with Crippen molar-refractivity contribution in [3.63, 3.8) is 0 Å². The van der Waals surface area contributed by atoms with Crippen LogP contribution in [-0.2, 0) is 14.3 Å². The van der Waals surface area contributed by atoms with Crippen molar-refractivity contribution in [1.29, 1.82) is 0 Å². The van der Waals surface area contributed by atoms with E-state index in [4.69, 9.17) is 9.47 Å². The van der Waals surface area contributed by atoms with E-state index in [0.29, 0.717) is 25.4 Å². The summed E-state index contributed by atoms with van der Waals surface area (Å²) in [5, 5.41) is 0. The normalized spacial score (nSPS) is 29.3. The number of rotatable bonds is 2. The monoisotopic (exact) mass is 311 g/mol. The van der Waals surface area contributed by atoms with Crippen molar-refractivity contribution in [1.82, 2.24) is 4.90 Å². The maximum absolute atomic E-state index is 12.2. The van der Waals surface area contributed by atoms with Crippen molar-refractivity contribution in [3.05, 3.63) is 0 Å². The van der Waals surface area contributed by atoms with Crippen LogP contribution in [0.25, 0.3) is 0 Å². The Morgan fingerprint density at radius 2 is 1.86 bits per heavy atom. The minimum absolute atomic E-state index is 0.0410. The second-order valence-corrected chi connectivity index (χ2v) is 7.74. The first kappa shape index (κ1) is 17.1. The molecule has 5 heteroatoms. The fourth-order valence-corrected chi connectivity index (χ4v) is 3.23. The van der Waals surface area contributed by atoms with Gasteiger partial charge in [0.25, 0.3) is 0 Å². The van der Waals surface area contributed by atoms with Crippen LogP contribution >= 0.6 is 0 Å². The summed E-state index contributed by atoms with van der Waals surface area (Å²) in [6, 6.07) is 0. The van der Waals surface area contributed by atoms with Gasteiger partial charge in [0.2, 0.25) is 0 Å². The molecule has 0 aromatic rings. The Hall–Kier alpha value is -1.26. The number of esters is 1. The standard InChI is InChI=1S/C17H29NO4/c1-12-6-5-7-13(10-12)15(19)21-14-8-9-18(11-14)16(20)22-17(2,3)4/h12-14H,5-11H2,1-4H3/t12?,13?,14-/m0/s1. The van der Waals surface area contributed by atoms with Gasteiger partial charge in [0, 0.05) is 13.0 Å². The van der Waals surface area contributed by atoms with Crippen LogP contribution in [0.2, 0.25) is 0 Å². The molecule has 3 atom stereocenters. The van der Waals surface area contributed by atoms with E-state index in [0.717, 1.165) is 19.3 Å². The zero-order valence-electron chi connectivity index (χ0n) is 14.3. The van der Waals surface area contributed by atoms with E-state index >= 15 is 0 Å². The fourth-order valence-electron chi connectivity index (χ4n) is 3.23. The summed E-state index contributed by atoms with van der Waals surface area (Å²) in [6.45, 7) is 8.78. The Kier molecular flexibility index (Phi) is 5.35. The SMILES string of the molecule is CC1CCCC(C(=O)O[C@H]2CCN(C(=O)OC(C)(C)C)C2)C1. The van der Waals surface area contributed by atoms with Crippen LogP contribution in [0.1, 0.15) is 59.8 Å². The first-order valence-electron chi connectivity index (χ1n) is 8.43. The molecule has 2 fully saturated rings. The maximum Gasteiger partial charge on any atom is 0.410 e. The Balaban J connectivity index is 1.78. The quantitative estimate of drug-likeness (QED) is 0.734. The molecule has 0 radical (unpaired) electrons. The number of carbonyl (C=O) groups is 2. The average molecular weight is 311 g/mol. The second kappa shape index (κ2) is 6.88. The van der Waals surface area contributed by atoms with E-state index in [-0.39, 0.29) is 24.1 Å². The lowest BCUT2D eigenvalue weighted by Gasteiger charge is -2.26. The third-order valence-corrected chi connectivity index (χ3v) is 4.35. The molecule has 126 valence electrons. The third kappa shape index (κ3) is 4.89. The van der Waals surface area contributed by atoms with E-state index in [2.05, 4.69) is 6.92 Å². The van der Waals surface area contributed by atoms with E-state index in [9.17, 15) is 9.59 Å². The van der Waals surface area contributed by atoms with Crippen LogP contribution in [0.5, 0.6) is 0 Å². The predicted octanol–water partition coefficient (Wildman–Crippen LogP) is 3.37. The lowest BCUT2D eigenvalue weighted by Crippen LogP contribution is -2.36. The molecule has 2 unspecified atom stereocenters. The highest BCUT2D eigenvalue weighted by molar-refractivity contribution is 5.73. The van der Waals surface area contributed by atoms with Gasteiger partial charge in [-0.2, -0.15) is 0 Å². The van der Waals surface area contributed by atoms with E-state index in [1.54, 1.807) is 4.90 Å². The molecule has 1 heterocycles. The highest BCUT2D eigenvalue weighted by Gasteiger charge is 2.34. The molecule has 0 aromatic carbocycles. The van der Waals surface area contributed by atoms with Crippen molar-refractivity contribution in [2.75, 3.05) is 13.1 Å². The van der Waals surface area contributed by atoms with Crippen molar-refractivity contribution >= 4 is 12.1 Å². The topological polar surface area (TPSA) is 55.8 Å². The minimum atomic E-state index is -0.496. The van der Waals surface area contributed by atoms with Crippen LogP contribution in [0.4, 0.5) is 4.79 Å². The van der Waals surface area contributed by atoms with Crippen molar-refractivity contribution in [2.45, 2.75) is 71.5 Å². The van der Waals surface area contributed by atoms with Gasteiger partial charge < -0.3 is 14.4 Å². The van der Waals surface area contributed by atoms with E-state index < -0.39 is 5.60 Å². The lowest BCUT2D eigenvalue weighted by molar-refractivity contribution is -0.155. The zero-order chi connectivity index (χ0) is 16.3. The molecule has 5 nitrogen and oxygen atoms in total. The molecule has 1 aliphatic heterocycles. The number of hydrogen-bond donors (Lipinski definition) is 0. The van der Waals surface area contributed by atoms with Gasteiger partial charge in [-0.3, -0.25) is 4.79 Å². The number of nitrogens with zero attached hydrogens (tertiary/aromatic N) is 1. The van der Waals surface area contributed by atoms with Gasteiger partial charge in [0.15, 0.2) is 0 Å². The molecule has 2 rings (SSSR count). The largest absolute Gasteiger partial charge is 0.460 e. The van der Waals surface area contributed by atoms with Gasteiger partial charge in [0.05, 0.1) is 12.5 Å². The first-order chi connectivity index (χ1) is 10.2. The third-order valence-electron chi connectivity index (χ3n) is 4.35. The Morgan fingerprint density at radius 1 is 1.14 bits per heavy atom. The summed E-state index contributed by atoms with van der Waals surface area (Å²) in [5.74, 6) is 0.565. The van der Waals surface area contributed by atoms with Gasteiger partial charge in [-0.15, -0.1) is 0 Å². The lowest BCUT2D eigenvalue weighted by atomic mass is 9.82. The van der Waals surface area contributed by atoms with E-state index in [1.165, 1.54) is 6.42 Å². The van der Waals surface area contributed by atoms with Gasteiger partial charge >= 0.3 is 12.1 Å². The molecular weight excluding hydrogens is 282 g/mol. The highest BCUT2D eigenvalue weighted by Crippen LogP contribution is 2.30. The van der Waals surface area contributed by atoms with Crippen LogP contribution in [0, 0.1) is 11.8 Å². The molecule has 1 saturated carbocycles. The molecule has 0 N–H and O–H groups in total. The molecule has 1 amide bonds. The zero-order valence-corrected chi connectivity index (χ0v) is 14.3. The molecular formula is C17H29NO4. The molecule has 1 saturated heterocycles. The number of likely N-dealkylation sites (tertiary alicyclic amines) is 1. The Labute approximate surface area is 133 Å². The maximum atomic E-state index is 12.2.